The van der Waals surface area contributed by atoms with Gasteiger partial charge < -0.3 is 10.2 Å². The summed E-state index contributed by atoms with van der Waals surface area (Å²) in [7, 11) is 0. The molecule has 1 saturated heterocycles. The number of benzene rings is 1. The first-order valence-corrected chi connectivity index (χ1v) is 10.0. The van der Waals surface area contributed by atoms with Gasteiger partial charge in [-0.05, 0) is 55.7 Å². The normalized spacial score (nSPS) is 29.2. The van der Waals surface area contributed by atoms with E-state index in [0.717, 1.165) is 51.6 Å². The second kappa shape index (κ2) is 7.36. The van der Waals surface area contributed by atoms with E-state index in [0.29, 0.717) is 17.7 Å². The molecular formula is C21H31N3O. The number of aryl methyl sites for hydroxylation is 1. The summed E-state index contributed by atoms with van der Waals surface area (Å²) < 4.78 is 0. The van der Waals surface area contributed by atoms with Gasteiger partial charge in [-0.25, -0.2) is 0 Å². The highest BCUT2D eigenvalue weighted by Gasteiger charge is 2.42. The van der Waals surface area contributed by atoms with Gasteiger partial charge in [-0.2, -0.15) is 0 Å². The van der Waals surface area contributed by atoms with Crippen molar-refractivity contribution in [2.75, 3.05) is 44.2 Å². The number of nitrogens with zero attached hydrogens (tertiary/aromatic N) is 2. The fourth-order valence-corrected chi connectivity index (χ4v) is 5.09. The summed E-state index contributed by atoms with van der Waals surface area (Å²) in [6.07, 6.45) is 5.09. The molecule has 1 N–H and O–H groups in total. The molecule has 0 unspecified atom stereocenters. The van der Waals surface area contributed by atoms with Crippen LogP contribution in [0.2, 0.25) is 0 Å². The predicted octanol–water partition coefficient (Wildman–Crippen LogP) is 2.67. The summed E-state index contributed by atoms with van der Waals surface area (Å²) in [5, 5.41) is 3.21. The molecule has 3 aliphatic rings. The van der Waals surface area contributed by atoms with Gasteiger partial charge in [0, 0.05) is 50.9 Å². The van der Waals surface area contributed by atoms with Gasteiger partial charge in [0.15, 0.2) is 0 Å². The van der Waals surface area contributed by atoms with Gasteiger partial charge in [0.1, 0.15) is 0 Å². The van der Waals surface area contributed by atoms with Gasteiger partial charge in [0.2, 0.25) is 5.91 Å². The maximum atomic E-state index is 12.4. The van der Waals surface area contributed by atoms with E-state index < -0.39 is 0 Å². The largest absolute Gasteiger partial charge is 0.369 e. The van der Waals surface area contributed by atoms with Crippen molar-refractivity contribution in [1.82, 2.24) is 10.2 Å². The van der Waals surface area contributed by atoms with Gasteiger partial charge in [0.25, 0.3) is 0 Å². The topological polar surface area (TPSA) is 35.6 Å². The van der Waals surface area contributed by atoms with Crippen molar-refractivity contribution in [3.8, 4) is 0 Å². The van der Waals surface area contributed by atoms with Gasteiger partial charge in [-0.1, -0.05) is 18.6 Å². The Morgan fingerprint density at radius 3 is 2.68 bits per heavy atom. The lowest BCUT2D eigenvalue weighted by molar-refractivity contribution is -0.126. The van der Waals surface area contributed by atoms with Crippen molar-refractivity contribution >= 4 is 11.6 Å². The van der Waals surface area contributed by atoms with Crippen LogP contribution in [0.15, 0.2) is 24.3 Å². The Hall–Kier alpha value is -1.55. The third-order valence-corrected chi connectivity index (χ3v) is 6.54. The van der Waals surface area contributed by atoms with Crippen LogP contribution in [-0.4, -0.2) is 50.1 Å². The number of anilines is 1. The van der Waals surface area contributed by atoms with Crippen molar-refractivity contribution in [2.45, 2.75) is 32.6 Å². The van der Waals surface area contributed by atoms with Crippen molar-refractivity contribution in [3.63, 3.8) is 0 Å². The molecule has 136 valence electrons. The first-order chi connectivity index (χ1) is 12.2. The fraction of sp³-hybridized carbons (Fsp3) is 0.667. The molecule has 0 radical (unpaired) electrons. The van der Waals surface area contributed by atoms with Crippen LogP contribution in [0, 0.1) is 24.7 Å². The molecule has 1 aliphatic heterocycles. The van der Waals surface area contributed by atoms with Crippen molar-refractivity contribution < 1.29 is 4.79 Å². The summed E-state index contributed by atoms with van der Waals surface area (Å²) in [4.78, 5) is 17.4. The average Bonchev–Trinajstić information content (AvgIpc) is 3.26. The third kappa shape index (κ3) is 3.84. The molecule has 2 aliphatic carbocycles. The lowest BCUT2D eigenvalue weighted by Crippen LogP contribution is -2.49. The molecule has 4 heteroatoms. The predicted molar refractivity (Wildman–Crippen MR) is 102 cm³/mol. The van der Waals surface area contributed by atoms with Crippen LogP contribution in [-0.2, 0) is 4.79 Å². The molecular weight excluding hydrogens is 310 g/mol. The molecule has 2 saturated carbocycles. The highest BCUT2D eigenvalue weighted by atomic mass is 16.1. The Morgan fingerprint density at radius 2 is 2.00 bits per heavy atom. The van der Waals surface area contributed by atoms with E-state index in [-0.39, 0.29) is 0 Å². The van der Waals surface area contributed by atoms with Gasteiger partial charge >= 0.3 is 0 Å². The van der Waals surface area contributed by atoms with E-state index in [9.17, 15) is 4.79 Å². The molecule has 25 heavy (non-hydrogen) atoms. The Bertz CT molecular complexity index is 609. The second-order valence-corrected chi connectivity index (χ2v) is 8.24. The van der Waals surface area contributed by atoms with Crippen LogP contribution in [0.5, 0.6) is 0 Å². The van der Waals surface area contributed by atoms with Crippen LogP contribution in [0.1, 0.15) is 31.2 Å². The van der Waals surface area contributed by atoms with Crippen LogP contribution < -0.4 is 10.2 Å². The molecule has 0 spiro atoms. The Morgan fingerprint density at radius 1 is 1.16 bits per heavy atom. The van der Waals surface area contributed by atoms with E-state index in [1.54, 1.807) is 0 Å². The van der Waals surface area contributed by atoms with Crippen LogP contribution in [0.3, 0.4) is 0 Å². The lowest BCUT2D eigenvalue weighted by Gasteiger charge is -2.36. The number of rotatable bonds is 5. The Labute approximate surface area is 151 Å². The Balaban J connectivity index is 1.17. The first-order valence-electron chi connectivity index (χ1n) is 10.0. The maximum absolute atomic E-state index is 12.4. The van der Waals surface area contributed by atoms with Crippen LogP contribution >= 0.6 is 0 Å². The van der Waals surface area contributed by atoms with Crippen LogP contribution in [0.4, 0.5) is 5.69 Å². The fourth-order valence-electron chi connectivity index (χ4n) is 5.09. The number of hydrogen-bond donors (Lipinski definition) is 1. The van der Waals surface area contributed by atoms with E-state index in [1.165, 1.54) is 30.5 Å². The zero-order chi connectivity index (χ0) is 17.2. The molecule has 3 atom stereocenters. The average molecular weight is 341 g/mol. The highest BCUT2D eigenvalue weighted by molar-refractivity contribution is 5.79. The third-order valence-electron chi connectivity index (χ3n) is 6.54. The number of piperazine rings is 1. The quantitative estimate of drug-likeness (QED) is 0.894. The number of carbonyl (C=O) groups is 1. The van der Waals surface area contributed by atoms with E-state index >= 15 is 0 Å². The zero-order valence-electron chi connectivity index (χ0n) is 15.4. The number of carbonyl (C=O) groups excluding carboxylic acids is 1. The van der Waals surface area contributed by atoms with Crippen LogP contribution in [0.25, 0.3) is 0 Å². The molecule has 4 rings (SSSR count). The van der Waals surface area contributed by atoms with E-state index in [1.807, 2.05) is 0 Å². The summed E-state index contributed by atoms with van der Waals surface area (Å²) in [5.41, 5.74) is 2.66. The molecule has 0 aromatic heterocycles. The van der Waals surface area contributed by atoms with Crippen molar-refractivity contribution in [1.29, 1.82) is 0 Å². The second-order valence-electron chi connectivity index (χ2n) is 8.24. The molecule has 1 amide bonds. The summed E-state index contributed by atoms with van der Waals surface area (Å²) >= 11 is 0. The molecule has 1 aromatic carbocycles. The molecule has 2 bridgehead atoms. The Kier molecular flexibility index (Phi) is 4.98. The standard InChI is InChI=1S/C21H31N3O/c1-16-3-2-4-19(13-16)24-11-9-23(10-12-24)8-7-22-21(25)20-15-17-5-6-18(20)14-17/h2-4,13,17-18,20H,5-12,14-15H2,1H3,(H,22,25)/t17-,18-,20-/m0/s1. The SMILES string of the molecule is Cc1cccc(N2CCN(CCNC(=O)[C@H]3C[C@H]4CC[C@H]3C4)CC2)c1. The molecule has 4 nitrogen and oxygen atoms in total. The van der Waals surface area contributed by atoms with Gasteiger partial charge in [0.05, 0.1) is 0 Å². The highest BCUT2D eigenvalue weighted by Crippen LogP contribution is 2.48. The van der Waals surface area contributed by atoms with Crippen molar-refractivity contribution in [2.24, 2.45) is 17.8 Å². The van der Waals surface area contributed by atoms with Gasteiger partial charge in [-0.3, -0.25) is 9.69 Å². The maximum Gasteiger partial charge on any atom is 0.223 e. The summed E-state index contributed by atoms with van der Waals surface area (Å²) in [6, 6.07) is 8.77. The van der Waals surface area contributed by atoms with E-state index in [2.05, 4.69) is 46.3 Å². The number of hydrogen-bond acceptors (Lipinski definition) is 3. The monoisotopic (exact) mass is 341 g/mol. The van der Waals surface area contributed by atoms with Gasteiger partial charge in [-0.15, -0.1) is 0 Å². The zero-order valence-corrected chi connectivity index (χ0v) is 15.4. The first kappa shape index (κ1) is 16.9. The minimum absolute atomic E-state index is 0.317. The number of nitrogens with one attached hydrogen (secondary N) is 1. The number of fused-ring (bicyclic) bond motifs is 2. The van der Waals surface area contributed by atoms with E-state index in [4.69, 9.17) is 0 Å². The summed E-state index contributed by atoms with van der Waals surface area (Å²) in [6.45, 7) is 8.24. The molecule has 1 aromatic rings. The summed E-state index contributed by atoms with van der Waals surface area (Å²) in [5.74, 6) is 2.17. The molecule has 3 fully saturated rings. The number of amides is 1. The molecule has 1 heterocycles. The minimum Gasteiger partial charge on any atom is -0.369 e. The minimum atomic E-state index is 0.317. The smallest absolute Gasteiger partial charge is 0.223 e. The van der Waals surface area contributed by atoms with Crippen molar-refractivity contribution in [3.05, 3.63) is 29.8 Å². The lowest BCUT2D eigenvalue weighted by atomic mass is 9.88.